The highest BCUT2D eigenvalue weighted by Crippen LogP contribution is 2.44. The van der Waals surface area contributed by atoms with Crippen LogP contribution in [-0.2, 0) is 14.8 Å². The van der Waals surface area contributed by atoms with Gasteiger partial charge < -0.3 is 10.2 Å². The average molecular weight is 394 g/mol. The predicted molar refractivity (Wildman–Crippen MR) is 102 cm³/mol. The average Bonchev–Trinajstić information content (AvgIpc) is 3.16. The van der Waals surface area contributed by atoms with Crippen molar-refractivity contribution < 1.29 is 13.2 Å². The molecule has 4 rings (SSSR count). The Balaban J connectivity index is 1.48. The van der Waals surface area contributed by atoms with E-state index in [0.29, 0.717) is 38.4 Å². The monoisotopic (exact) mass is 393 g/mol. The molecule has 9 heteroatoms. The number of carbonyl (C=O) groups excluding carboxylic acids is 1. The summed E-state index contributed by atoms with van der Waals surface area (Å²) >= 11 is 0. The number of rotatable bonds is 4. The second-order valence-corrected chi connectivity index (χ2v) is 10.4. The van der Waals surface area contributed by atoms with Gasteiger partial charge in [0, 0.05) is 50.0 Å². The molecule has 3 saturated heterocycles. The fourth-order valence-corrected chi connectivity index (χ4v) is 6.66. The van der Waals surface area contributed by atoms with E-state index in [1.165, 1.54) is 0 Å². The van der Waals surface area contributed by atoms with Crippen LogP contribution in [0.1, 0.15) is 26.7 Å². The number of aromatic nitrogens is 2. The lowest BCUT2D eigenvalue weighted by Gasteiger charge is -2.42. The molecule has 3 fully saturated rings. The van der Waals surface area contributed by atoms with Crippen LogP contribution in [0.15, 0.2) is 18.5 Å². The summed E-state index contributed by atoms with van der Waals surface area (Å²) in [4.78, 5) is 23.3. The summed E-state index contributed by atoms with van der Waals surface area (Å²) in [5.41, 5.74) is -0.310. The number of sulfonamides is 1. The van der Waals surface area contributed by atoms with Gasteiger partial charge in [0.25, 0.3) is 0 Å². The topological polar surface area (TPSA) is 95.5 Å². The van der Waals surface area contributed by atoms with Gasteiger partial charge in [0.1, 0.15) is 0 Å². The van der Waals surface area contributed by atoms with Crippen LogP contribution in [0.3, 0.4) is 0 Å². The molecule has 3 aliphatic rings. The maximum Gasteiger partial charge on any atom is 0.225 e. The number of piperidine rings is 1. The van der Waals surface area contributed by atoms with Crippen molar-refractivity contribution in [2.45, 2.75) is 32.2 Å². The molecule has 4 heterocycles. The molecule has 1 amide bonds. The fraction of sp³-hybridized carbons (Fsp3) is 0.722. The molecule has 27 heavy (non-hydrogen) atoms. The molecule has 0 saturated carbocycles. The molecular weight excluding hydrogens is 366 g/mol. The van der Waals surface area contributed by atoms with Crippen LogP contribution in [0, 0.1) is 17.8 Å². The molecule has 1 aromatic heterocycles. The lowest BCUT2D eigenvalue weighted by atomic mass is 9.76. The fourth-order valence-electron chi connectivity index (χ4n) is 4.86. The van der Waals surface area contributed by atoms with Crippen molar-refractivity contribution in [3.8, 4) is 0 Å². The minimum Gasteiger partial charge on any atom is -0.350 e. The third-order valence-electron chi connectivity index (χ3n) is 6.13. The summed E-state index contributed by atoms with van der Waals surface area (Å²) in [7, 11) is -3.23. The summed E-state index contributed by atoms with van der Waals surface area (Å²) in [6, 6.07) is 1.78. The van der Waals surface area contributed by atoms with Crippen molar-refractivity contribution in [2.24, 2.45) is 17.8 Å². The quantitative estimate of drug-likeness (QED) is 0.799. The minimum absolute atomic E-state index is 0.0763. The van der Waals surface area contributed by atoms with Crippen LogP contribution in [-0.4, -0.2) is 66.1 Å². The molecule has 0 bridgehead atoms. The van der Waals surface area contributed by atoms with Crippen molar-refractivity contribution in [1.29, 1.82) is 0 Å². The molecule has 0 aliphatic carbocycles. The zero-order chi connectivity index (χ0) is 19.2. The van der Waals surface area contributed by atoms with E-state index >= 15 is 0 Å². The standard InChI is InChI=1S/C18H27N5O3S/c1-13(2)12-27(25,26)23-8-4-18(5-9-23)15-11-22(10-14(15)16(24)21-18)17-19-6-3-7-20-17/h3,6-7,13-15H,4-5,8-12H2,1-2H3,(H,21,24)/t14-,15+/m1/s1. The van der Waals surface area contributed by atoms with Crippen molar-refractivity contribution in [1.82, 2.24) is 19.6 Å². The molecule has 1 aromatic rings. The van der Waals surface area contributed by atoms with Crippen molar-refractivity contribution >= 4 is 21.9 Å². The Hall–Kier alpha value is -1.74. The first kappa shape index (κ1) is 18.6. The number of hydrogen-bond acceptors (Lipinski definition) is 6. The highest BCUT2D eigenvalue weighted by atomic mass is 32.2. The Morgan fingerprint density at radius 2 is 1.89 bits per heavy atom. The van der Waals surface area contributed by atoms with Gasteiger partial charge >= 0.3 is 0 Å². The Morgan fingerprint density at radius 1 is 1.22 bits per heavy atom. The van der Waals surface area contributed by atoms with Crippen LogP contribution < -0.4 is 10.2 Å². The van der Waals surface area contributed by atoms with Crippen molar-refractivity contribution in [3.63, 3.8) is 0 Å². The number of carbonyl (C=O) groups is 1. The highest BCUT2D eigenvalue weighted by Gasteiger charge is 2.58. The summed E-state index contributed by atoms with van der Waals surface area (Å²) < 4.78 is 26.7. The van der Waals surface area contributed by atoms with E-state index in [1.54, 1.807) is 22.8 Å². The molecule has 0 radical (unpaired) electrons. The first-order chi connectivity index (χ1) is 12.8. The van der Waals surface area contributed by atoms with E-state index in [4.69, 9.17) is 0 Å². The maximum absolute atomic E-state index is 12.6. The second kappa shape index (κ2) is 6.70. The largest absolute Gasteiger partial charge is 0.350 e. The molecule has 1 spiro atoms. The van der Waals surface area contributed by atoms with Gasteiger partial charge in [0.05, 0.1) is 11.7 Å². The zero-order valence-corrected chi connectivity index (χ0v) is 16.7. The van der Waals surface area contributed by atoms with Gasteiger partial charge in [0.15, 0.2) is 0 Å². The van der Waals surface area contributed by atoms with E-state index < -0.39 is 10.0 Å². The second-order valence-electron chi connectivity index (χ2n) is 8.38. The van der Waals surface area contributed by atoms with Crippen molar-refractivity contribution in [3.05, 3.63) is 18.5 Å². The third kappa shape index (κ3) is 3.31. The van der Waals surface area contributed by atoms with Gasteiger partial charge in [-0.1, -0.05) is 13.8 Å². The van der Waals surface area contributed by atoms with Gasteiger partial charge in [-0.3, -0.25) is 4.79 Å². The number of fused-ring (bicyclic) bond motifs is 2. The molecule has 1 N–H and O–H groups in total. The van der Waals surface area contributed by atoms with Gasteiger partial charge in [0.2, 0.25) is 21.9 Å². The number of amides is 1. The lowest BCUT2D eigenvalue weighted by molar-refractivity contribution is -0.122. The molecule has 0 unspecified atom stereocenters. The first-order valence-electron chi connectivity index (χ1n) is 9.62. The number of hydrogen-bond donors (Lipinski definition) is 1. The van der Waals surface area contributed by atoms with Crippen LogP contribution in [0.4, 0.5) is 5.95 Å². The minimum atomic E-state index is -3.23. The zero-order valence-electron chi connectivity index (χ0n) is 15.8. The Labute approximate surface area is 160 Å². The smallest absolute Gasteiger partial charge is 0.225 e. The van der Waals surface area contributed by atoms with Crippen LogP contribution in [0.25, 0.3) is 0 Å². The lowest BCUT2D eigenvalue weighted by Crippen LogP contribution is -2.56. The molecule has 8 nitrogen and oxygen atoms in total. The summed E-state index contributed by atoms with van der Waals surface area (Å²) in [5.74, 6) is 1.12. The predicted octanol–water partition coefficient (Wildman–Crippen LogP) is 0.479. The molecular formula is C18H27N5O3S. The van der Waals surface area contributed by atoms with Crippen LogP contribution in [0.5, 0.6) is 0 Å². The summed E-state index contributed by atoms with van der Waals surface area (Å²) in [6.45, 7) is 6.14. The van der Waals surface area contributed by atoms with E-state index in [0.717, 1.165) is 6.54 Å². The number of nitrogens with one attached hydrogen (secondary N) is 1. The van der Waals surface area contributed by atoms with Gasteiger partial charge in [-0.15, -0.1) is 0 Å². The number of nitrogens with zero attached hydrogens (tertiary/aromatic N) is 4. The third-order valence-corrected chi connectivity index (χ3v) is 8.37. The molecule has 148 valence electrons. The van der Waals surface area contributed by atoms with Crippen LogP contribution in [0.2, 0.25) is 0 Å². The normalized spacial score (nSPS) is 28.0. The maximum atomic E-state index is 12.6. The highest BCUT2D eigenvalue weighted by molar-refractivity contribution is 7.89. The summed E-state index contributed by atoms with van der Waals surface area (Å²) in [5, 5.41) is 3.23. The SMILES string of the molecule is CC(C)CS(=O)(=O)N1CCC2(CC1)NC(=O)[C@@H]1CN(c3ncccn3)C[C@@H]12. The van der Waals surface area contributed by atoms with E-state index in [-0.39, 0.29) is 35.0 Å². The summed E-state index contributed by atoms with van der Waals surface area (Å²) in [6.07, 6.45) is 4.76. The van der Waals surface area contributed by atoms with Crippen LogP contribution >= 0.6 is 0 Å². The molecule has 3 aliphatic heterocycles. The van der Waals surface area contributed by atoms with E-state index in [9.17, 15) is 13.2 Å². The number of anilines is 1. The van der Waals surface area contributed by atoms with Crippen molar-refractivity contribution in [2.75, 3.05) is 36.8 Å². The Bertz CT molecular complexity index is 806. The van der Waals surface area contributed by atoms with Gasteiger partial charge in [-0.2, -0.15) is 0 Å². The first-order valence-corrected chi connectivity index (χ1v) is 11.2. The van der Waals surface area contributed by atoms with E-state index in [1.807, 2.05) is 13.8 Å². The Morgan fingerprint density at radius 3 is 2.52 bits per heavy atom. The van der Waals surface area contributed by atoms with Gasteiger partial charge in [-0.05, 0) is 24.8 Å². The van der Waals surface area contributed by atoms with Gasteiger partial charge in [-0.25, -0.2) is 22.7 Å². The molecule has 2 atom stereocenters. The Kier molecular flexibility index (Phi) is 4.62. The van der Waals surface area contributed by atoms with E-state index in [2.05, 4.69) is 20.2 Å². The molecule has 0 aromatic carbocycles.